The number of rotatable bonds is 8. The summed E-state index contributed by atoms with van der Waals surface area (Å²) < 4.78 is 15.9. The van der Waals surface area contributed by atoms with Crippen molar-refractivity contribution >= 4 is 0 Å². The van der Waals surface area contributed by atoms with Gasteiger partial charge in [-0.3, -0.25) is 0 Å². The molecular formula is C14H20N2O4. The van der Waals surface area contributed by atoms with Gasteiger partial charge in [0, 0.05) is 6.54 Å². The Labute approximate surface area is 117 Å². The van der Waals surface area contributed by atoms with E-state index in [0.29, 0.717) is 25.6 Å². The number of aliphatic hydroxyl groups excluding tert-OH is 1. The summed E-state index contributed by atoms with van der Waals surface area (Å²) in [5, 5.41) is 12.8. The van der Waals surface area contributed by atoms with Gasteiger partial charge in [-0.1, -0.05) is 0 Å². The topological polar surface area (TPSA) is 80.7 Å². The monoisotopic (exact) mass is 280 g/mol. The first-order chi connectivity index (χ1) is 9.65. The molecule has 0 aromatic carbocycles. The third-order valence-electron chi connectivity index (χ3n) is 2.86. The molecule has 110 valence electrons. The van der Waals surface area contributed by atoms with Gasteiger partial charge in [0.2, 0.25) is 5.89 Å². The SMILES string of the molecule is Cc1nc(CNCC(O)COCc2ccco2)oc1C. The number of hydrogen-bond acceptors (Lipinski definition) is 6. The molecule has 6 nitrogen and oxygen atoms in total. The third-order valence-corrected chi connectivity index (χ3v) is 2.86. The predicted molar refractivity (Wildman–Crippen MR) is 72.1 cm³/mol. The molecule has 1 atom stereocenters. The molecular weight excluding hydrogens is 260 g/mol. The summed E-state index contributed by atoms with van der Waals surface area (Å²) in [5.74, 6) is 2.20. The van der Waals surface area contributed by atoms with Gasteiger partial charge in [-0.05, 0) is 26.0 Å². The van der Waals surface area contributed by atoms with Crippen LogP contribution >= 0.6 is 0 Å². The highest BCUT2D eigenvalue weighted by Gasteiger charge is 2.08. The molecule has 20 heavy (non-hydrogen) atoms. The summed E-state index contributed by atoms with van der Waals surface area (Å²) in [6.07, 6.45) is 1.01. The second kappa shape index (κ2) is 7.23. The van der Waals surface area contributed by atoms with Crippen LogP contribution in [-0.4, -0.2) is 29.3 Å². The van der Waals surface area contributed by atoms with E-state index in [9.17, 15) is 5.11 Å². The number of nitrogens with zero attached hydrogens (tertiary/aromatic N) is 1. The maximum atomic E-state index is 9.75. The summed E-state index contributed by atoms with van der Waals surface area (Å²) in [7, 11) is 0. The number of furan rings is 1. The molecule has 6 heteroatoms. The lowest BCUT2D eigenvalue weighted by Gasteiger charge is -2.10. The molecule has 2 aromatic heterocycles. The van der Waals surface area contributed by atoms with Crippen LogP contribution in [0.25, 0.3) is 0 Å². The molecule has 2 N–H and O–H groups in total. The summed E-state index contributed by atoms with van der Waals surface area (Å²) in [5.41, 5.74) is 0.893. The molecule has 0 aliphatic heterocycles. The number of aliphatic hydroxyl groups is 1. The molecule has 0 bridgehead atoms. The zero-order valence-corrected chi connectivity index (χ0v) is 11.8. The summed E-state index contributed by atoms with van der Waals surface area (Å²) in [4.78, 5) is 4.25. The van der Waals surface area contributed by atoms with Crippen molar-refractivity contribution in [3.05, 3.63) is 41.5 Å². The quantitative estimate of drug-likeness (QED) is 0.763. The highest BCUT2D eigenvalue weighted by Crippen LogP contribution is 2.07. The molecule has 0 amide bonds. The first kappa shape index (κ1) is 14.8. The van der Waals surface area contributed by atoms with Crippen molar-refractivity contribution in [2.45, 2.75) is 33.1 Å². The first-order valence-corrected chi connectivity index (χ1v) is 6.57. The Hall–Kier alpha value is -1.63. The van der Waals surface area contributed by atoms with Gasteiger partial charge in [0.05, 0.1) is 31.2 Å². The Morgan fingerprint density at radius 1 is 1.45 bits per heavy atom. The van der Waals surface area contributed by atoms with Gasteiger partial charge in [-0.15, -0.1) is 0 Å². The highest BCUT2D eigenvalue weighted by molar-refractivity contribution is 5.05. The Balaban J connectivity index is 1.59. The number of nitrogens with one attached hydrogen (secondary N) is 1. The van der Waals surface area contributed by atoms with Crippen molar-refractivity contribution in [1.29, 1.82) is 0 Å². The Bertz CT molecular complexity index is 488. The second-order valence-corrected chi connectivity index (χ2v) is 4.63. The lowest BCUT2D eigenvalue weighted by Crippen LogP contribution is -2.30. The minimum Gasteiger partial charge on any atom is -0.467 e. The van der Waals surface area contributed by atoms with Crippen LogP contribution in [-0.2, 0) is 17.9 Å². The van der Waals surface area contributed by atoms with Crippen LogP contribution in [0.3, 0.4) is 0 Å². The smallest absolute Gasteiger partial charge is 0.208 e. The Morgan fingerprint density at radius 3 is 2.95 bits per heavy atom. The van der Waals surface area contributed by atoms with Crippen molar-refractivity contribution < 1.29 is 18.7 Å². The van der Waals surface area contributed by atoms with Crippen molar-refractivity contribution in [3.63, 3.8) is 0 Å². The normalized spacial score (nSPS) is 12.8. The maximum absolute atomic E-state index is 9.75. The maximum Gasteiger partial charge on any atom is 0.208 e. The standard InChI is InChI=1S/C14H20N2O4/c1-10-11(2)20-14(16-10)7-15-6-12(17)8-18-9-13-4-3-5-19-13/h3-5,12,15,17H,6-9H2,1-2H3. The van der Waals surface area contributed by atoms with E-state index in [1.54, 1.807) is 12.3 Å². The summed E-state index contributed by atoms with van der Waals surface area (Å²) >= 11 is 0. The molecule has 2 heterocycles. The lowest BCUT2D eigenvalue weighted by atomic mass is 10.3. The molecule has 0 spiro atoms. The van der Waals surface area contributed by atoms with Crippen molar-refractivity contribution in [1.82, 2.24) is 10.3 Å². The molecule has 2 aromatic rings. The van der Waals surface area contributed by atoms with Crippen LogP contribution < -0.4 is 5.32 Å². The zero-order chi connectivity index (χ0) is 14.4. The Kier molecular flexibility index (Phi) is 5.34. The minimum atomic E-state index is -0.581. The van der Waals surface area contributed by atoms with E-state index in [4.69, 9.17) is 13.6 Å². The van der Waals surface area contributed by atoms with E-state index in [-0.39, 0.29) is 6.61 Å². The van der Waals surface area contributed by atoms with E-state index >= 15 is 0 Å². The predicted octanol–water partition coefficient (Wildman–Crippen LogP) is 1.55. The Morgan fingerprint density at radius 2 is 2.30 bits per heavy atom. The summed E-state index contributed by atoms with van der Waals surface area (Å²) in [6, 6.07) is 3.63. The van der Waals surface area contributed by atoms with Gasteiger partial charge in [0.25, 0.3) is 0 Å². The fourth-order valence-electron chi connectivity index (χ4n) is 1.71. The van der Waals surface area contributed by atoms with E-state index in [1.807, 2.05) is 19.9 Å². The van der Waals surface area contributed by atoms with Crippen molar-refractivity contribution in [3.8, 4) is 0 Å². The zero-order valence-electron chi connectivity index (χ0n) is 11.8. The number of ether oxygens (including phenoxy) is 1. The molecule has 0 aliphatic carbocycles. The number of aromatic nitrogens is 1. The number of aryl methyl sites for hydroxylation is 2. The van der Waals surface area contributed by atoms with Gasteiger partial charge in [0.15, 0.2) is 0 Å². The van der Waals surface area contributed by atoms with E-state index in [0.717, 1.165) is 17.2 Å². The van der Waals surface area contributed by atoms with Gasteiger partial charge in [-0.2, -0.15) is 0 Å². The van der Waals surface area contributed by atoms with Crippen molar-refractivity contribution in [2.75, 3.05) is 13.2 Å². The van der Waals surface area contributed by atoms with E-state index < -0.39 is 6.10 Å². The number of hydrogen-bond donors (Lipinski definition) is 2. The molecule has 1 unspecified atom stereocenters. The molecule has 0 saturated heterocycles. The van der Waals surface area contributed by atoms with E-state index in [2.05, 4.69) is 10.3 Å². The average molecular weight is 280 g/mol. The fraction of sp³-hybridized carbons (Fsp3) is 0.500. The third kappa shape index (κ3) is 4.48. The largest absolute Gasteiger partial charge is 0.467 e. The van der Waals surface area contributed by atoms with Crippen LogP contribution in [0.1, 0.15) is 23.1 Å². The van der Waals surface area contributed by atoms with Crippen LogP contribution in [0.5, 0.6) is 0 Å². The second-order valence-electron chi connectivity index (χ2n) is 4.63. The van der Waals surface area contributed by atoms with Crippen LogP contribution in [0.2, 0.25) is 0 Å². The fourth-order valence-corrected chi connectivity index (χ4v) is 1.71. The molecule has 0 saturated carbocycles. The summed E-state index contributed by atoms with van der Waals surface area (Å²) in [6.45, 7) is 5.30. The van der Waals surface area contributed by atoms with Gasteiger partial charge in [-0.25, -0.2) is 4.98 Å². The van der Waals surface area contributed by atoms with E-state index in [1.165, 1.54) is 0 Å². The van der Waals surface area contributed by atoms with Gasteiger partial charge in [0.1, 0.15) is 18.1 Å². The first-order valence-electron chi connectivity index (χ1n) is 6.57. The van der Waals surface area contributed by atoms with Crippen LogP contribution in [0.4, 0.5) is 0 Å². The van der Waals surface area contributed by atoms with Gasteiger partial charge < -0.3 is 24.0 Å². The average Bonchev–Trinajstić information content (AvgIpc) is 3.01. The van der Waals surface area contributed by atoms with Crippen molar-refractivity contribution in [2.24, 2.45) is 0 Å². The molecule has 0 fully saturated rings. The lowest BCUT2D eigenvalue weighted by molar-refractivity contribution is 0.0223. The molecule has 0 aliphatic rings. The highest BCUT2D eigenvalue weighted by atomic mass is 16.5. The van der Waals surface area contributed by atoms with Gasteiger partial charge >= 0.3 is 0 Å². The van der Waals surface area contributed by atoms with Crippen LogP contribution in [0, 0.1) is 13.8 Å². The molecule has 0 radical (unpaired) electrons. The number of oxazole rings is 1. The van der Waals surface area contributed by atoms with Crippen LogP contribution in [0.15, 0.2) is 27.2 Å². The minimum absolute atomic E-state index is 0.247. The molecule has 2 rings (SSSR count).